The molecule has 0 bridgehead atoms. The van der Waals surface area contributed by atoms with Gasteiger partial charge in [-0.1, -0.05) is 0 Å². The van der Waals surface area contributed by atoms with E-state index in [2.05, 4.69) is 23.3 Å². The summed E-state index contributed by atoms with van der Waals surface area (Å²) in [6.07, 6.45) is 9.95. The van der Waals surface area contributed by atoms with Crippen LogP contribution in [0.3, 0.4) is 0 Å². The molecule has 1 aliphatic rings. The fourth-order valence-corrected chi connectivity index (χ4v) is 2.82. The number of pyridine rings is 1. The quantitative estimate of drug-likeness (QED) is 0.935. The van der Waals surface area contributed by atoms with Gasteiger partial charge in [-0.15, -0.1) is 0 Å². The van der Waals surface area contributed by atoms with E-state index in [1.165, 1.54) is 18.4 Å². The van der Waals surface area contributed by atoms with Crippen molar-refractivity contribution in [1.82, 2.24) is 14.5 Å². The Labute approximate surface area is 124 Å². The van der Waals surface area contributed by atoms with Gasteiger partial charge in [0.15, 0.2) is 0 Å². The Hall–Kier alpha value is -2.35. The van der Waals surface area contributed by atoms with Gasteiger partial charge in [-0.3, -0.25) is 0 Å². The van der Waals surface area contributed by atoms with Crippen LogP contribution < -0.4 is 5.32 Å². The van der Waals surface area contributed by atoms with Gasteiger partial charge in [0, 0.05) is 30.7 Å². The first kappa shape index (κ1) is 13.6. The molecule has 5 nitrogen and oxygen atoms in total. The van der Waals surface area contributed by atoms with Crippen molar-refractivity contribution in [2.75, 3.05) is 5.32 Å². The minimum Gasteiger partial charge on any atom is -0.365 e. The van der Waals surface area contributed by atoms with Gasteiger partial charge >= 0.3 is 0 Å². The summed E-state index contributed by atoms with van der Waals surface area (Å²) in [5, 5.41) is 12.7. The second kappa shape index (κ2) is 5.96. The summed E-state index contributed by atoms with van der Waals surface area (Å²) in [6, 6.07) is 4.45. The first-order chi connectivity index (χ1) is 10.3. The Bertz CT molecular complexity index is 654. The van der Waals surface area contributed by atoms with Crippen molar-refractivity contribution in [1.29, 1.82) is 5.26 Å². The predicted octanol–water partition coefficient (Wildman–Crippen LogP) is 2.53. The number of aromatic nitrogens is 3. The zero-order valence-electron chi connectivity index (χ0n) is 12.2. The van der Waals surface area contributed by atoms with Crippen LogP contribution in [-0.2, 0) is 19.4 Å². The molecule has 0 spiro atoms. The number of nitriles is 1. The van der Waals surface area contributed by atoms with Gasteiger partial charge in [-0.25, -0.2) is 9.97 Å². The molecule has 5 heteroatoms. The number of fused-ring (bicyclic) bond motifs is 1. The first-order valence-electron chi connectivity index (χ1n) is 7.41. The maximum Gasteiger partial charge on any atom is 0.144 e. The van der Waals surface area contributed by atoms with E-state index in [4.69, 9.17) is 4.98 Å². The molecular formula is C16H19N5. The second-order valence-electron chi connectivity index (χ2n) is 5.61. The highest BCUT2D eigenvalue weighted by Gasteiger charge is 2.16. The van der Waals surface area contributed by atoms with Crippen LogP contribution in [0.1, 0.15) is 36.6 Å². The SMILES string of the molecule is CC(Cn1ccnc1)Nc1nc2c(cc1C#N)CCCC2. The summed E-state index contributed by atoms with van der Waals surface area (Å²) >= 11 is 0. The Morgan fingerprint density at radius 3 is 3.05 bits per heavy atom. The largest absolute Gasteiger partial charge is 0.365 e. The van der Waals surface area contributed by atoms with Crippen molar-refractivity contribution in [2.45, 2.75) is 45.2 Å². The molecule has 0 radical (unpaired) electrons. The van der Waals surface area contributed by atoms with E-state index in [9.17, 15) is 5.26 Å². The van der Waals surface area contributed by atoms with Crippen LogP contribution in [-0.4, -0.2) is 20.6 Å². The summed E-state index contributed by atoms with van der Waals surface area (Å²) in [7, 11) is 0. The summed E-state index contributed by atoms with van der Waals surface area (Å²) in [4.78, 5) is 8.74. The third-order valence-corrected chi connectivity index (χ3v) is 3.85. The lowest BCUT2D eigenvalue weighted by Gasteiger charge is -2.20. The van der Waals surface area contributed by atoms with Crippen LogP contribution in [0, 0.1) is 11.3 Å². The molecule has 0 aliphatic heterocycles. The maximum atomic E-state index is 9.34. The molecule has 0 saturated heterocycles. The van der Waals surface area contributed by atoms with Gasteiger partial charge < -0.3 is 9.88 Å². The van der Waals surface area contributed by atoms with E-state index in [-0.39, 0.29) is 6.04 Å². The van der Waals surface area contributed by atoms with Gasteiger partial charge in [0.05, 0.1) is 11.9 Å². The highest BCUT2D eigenvalue weighted by molar-refractivity contribution is 5.55. The number of nitrogens with zero attached hydrogens (tertiary/aromatic N) is 4. The molecule has 1 aliphatic carbocycles. The van der Waals surface area contributed by atoms with Gasteiger partial charge in [-0.2, -0.15) is 5.26 Å². The van der Waals surface area contributed by atoms with Crippen LogP contribution >= 0.6 is 0 Å². The molecule has 108 valence electrons. The fraction of sp³-hybridized carbons (Fsp3) is 0.438. The predicted molar refractivity (Wildman–Crippen MR) is 80.9 cm³/mol. The average Bonchev–Trinajstić information content (AvgIpc) is 2.99. The van der Waals surface area contributed by atoms with Crippen LogP contribution in [0.2, 0.25) is 0 Å². The molecule has 1 atom stereocenters. The zero-order chi connectivity index (χ0) is 14.7. The molecule has 0 amide bonds. The number of hydrogen-bond donors (Lipinski definition) is 1. The topological polar surface area (TPSA) is 66.5 Å². The van der Waals surface area contributed by atoms with Crippen molar-refractivity contribution in [3.05, 3.63) is 41.6 Å². The number of hydrogen-bond acceptors (Lipinski definition) is 4. The van der Waals surface area contributed by atoms with Crippen molar-refractivity contribution >= 4 is 5.82 Å². The van der Waals surface area contributed by atoms with Crippen molar-refractivity contribution in [3.63, 3.8) is 0 Å². The van der Waals surface area contributed by atoms with Crippen LogP contribution in [0.5, 0.6) is 0 Å². The molecule has 0 fully saturated rings. The summed E-state index contributed by atoms with van der Waals surface area (Å²) in [6.45, 7) is 2.88. The van der Waals surface area contributed by atoms with Crippen LogP contribution in [0.4, 0.5) is 5.82 Å². The van der Waals surface area contributed by atoms with Crippen LogP contribution in [0.25, 0.3) is 0 Å². The van der Waals surface area contributed by atoms with E-state index in [0.717, 1.165) is 25.1 Å². The Kier molecular flexibility index (Phi) is 3.87. The van der Waals surface area contributed by atoms with Gasteiger partial charge in [0.25, 0.3) is 0 Å². The average molecular weight is 281 g/mol. The number of aryl methyl sites for hydroxylation is 2. The summed E-state index contributed by atoms with van der Waals surface area (Å²) in [5.41, 5.74) is 3.04. The normalized spacial score (nSPS) is 15.0. The molecule has 3 rings (SSSR count). The van der Waals surface area contributed by atoms with Crippen molar-refractivity contribution < 1.29 is 0 Å². The molecule has 0 saturated carbocycles. The Balaban J connectivity index is 1.79. The molecule has 1 unspecified atom stereocenters. The molecule has 1 N–H and O–H groups in total. The molecule has 2 heterocycles. The molecular weight excluding hydrogens is 262 g/mol. The Morgan fingerprint density at radius 1 is 1.43 bits per heavy atom. The van der Waals surface area contributed by atoms with Crippen LogP contribution in [0.15, 0.2) is 24.8 Å². The lowest BCUT2D eigenvalue weighted by atomic mass is 9.95. The van der Waals surface area contributed by atoms with Crippen molar-refractivity contribution in [2.24, 2.45) is 0 Å². The monoisotopic (exact) mass is 281 g/mol. The molecule has 2 aromatic rings. The van der Waals surface area contributed by atoms with Gasteiger partial charge in [0.1, 0.15) is 11.9 Å². The van der Waals surface area contributed by atoms with E-state index < -0.39 is 0 Å². The van der Waals surface area contributed by atoms with Gasteiger partial charge in [0.2, 0.25) is 0 Å². The number of imidazole rings is 1. The lowest BCUT2D eigenvalue weighted by Crippen LogP contribution is -2.23. The second-order valence-corrected chi connectivity index (χ2v) is 5.61. The highest BCUT2D eigenvalue weighted by atomic mass is 15.1. The highest BCUT2D eigenvalue weighted by Crippen LogP contribution is 2.24. The lowest BCUT2D eigenvalue weighted by molar-refractivity contribution is 0.614. The first-order valence-corrected chi connectivity index (χ1v) is 7.41. The fourth-order valence-electron chi connectivity index (χ4n) is 2.82. The minimum absolute atomic E-state index is 0.181. The number of rotatable bonds is 4. The van der Waals surface area contributed by atoms with E-state index in [1.807, 2.05) is 16.8 Å². The number of nitrogens with one attached hydrogen (secondary N) is 1. The standard InChI is InChI=1S/C16H19N5/c1-12(10-21-7-6-18-11-21)19-16-14(9-17)8-13-4-2-3-5-15(13)20-16/h6-8,11-12H,2-5,10H2,1H3,(H,19,20). The third kappa shape index (κ3) is 3.05. The summed E-state index contributed by atoms with van der Waals surface area (Å²) in [5.74, 6) is 0.714. The maximum absolute atomic E-state index is 9.34. The molecule has 0 aromatic carbocycles. The van der Waals surface area contributed by atoms with E-state index in [0.29, 0.717) is 11.4 Å². The van der Waals surface area contributed by atoms with E-state index >= 15 is 0 Å². The summed E-state index contributed by atoms with van der Waals surface area (Å²) < 4.78 is 2.02. The molecule has 21 heavy (non-hydrogen) atoms. The molecule has 2 aromatic heterocycles. The third-order valence-electron chi connectivity index (χ3n) is 3.85. The number of anilines is 1. The zero-order valence-corrected chi connectivity index (χ0v) is 12.2. The van der Waals surface area contributed by atoms with Gasteiger partial charge in [-0.05, 0) is 44.2 Å². The van der Waals surface area contributed by atoms with E-state index in [1.54, 1.807) is 12.5 Å². The van der Waals surface area contributed by atoms with Crippen molar-refractivity contribution in [3.8, 4) is 6.07 Å². The minimum atomic E-state index is 0.181. The Morgan fingerprint density at radius 2 is 2.29 bits per heavy atom. The smallest absolute Gasteiger partial charge is 0.144 e.